The zero-order valence-corrected chi connectivity index (χ0v) is 16.3. The number of aromatic nitrogens is 2. The third-order valence-corrected chi connectivity index (χ3v) is 4.22. The highest BCUT2D eigenvalue weighted by Gasteiger charge is 2.35. The molecular formula is C16H27N11O3. The molecule has 14 nitrogen and oxygen atoms in total. The molecule has 0 saturated heterocycles. The highest BCUT2D eigenvalue weighted by molar-refractivity contribution is 6.07. The zero-order chi connectivity index (χ0) is 22.1. The predicted molar refractivity (Wildman–Crippen MR) is 109 cm³/mol. The van der Waals surface area contributed by atoms with E-state index in [9.17, 15) is 14.4 Å². The molecule has 1 unspecified atom stereocenters. The molecule has 2 rings (SSSR count). The van der Waals surface area contributed by atoms with Crippen molar-refractivity contribution in [2.24, 2.45) is 32.9 Å². The number of amides is 4. The summed E-state index contributed by atoms with van der Waals surface area (Å²) in [6, 6.07) is -2.95. The molecule has 30 heavy (non-hydrogen) atoms. The van der Waals surface area contributed by atoms with E-state index in [0.29, 0.717) is 25.1 Å². The molecule has 0 aromatic carbocycles. The van der Waals surface area contributed by atoms with E-state index in [1.165, 1.54) is 6.33 Å². The van der Waals surface area contributed by atoms with Crippen LogP contribution >= 0.6 is 0 Å². The molecule has 0 spiro atoms. The Hall–Kier alpha value is -3.68. The largest absolute Gasteiger partial charge is 0.370 e. The number of hydrogen-bond donors (Lipinski definition) is 8. The predicted octanol–water partition coefficient (Wildman–Crippen LogP) is -3.27. The number of urea groups is 1. The fourth-order valence-electron chi connectivity index (χ4n) is 2.90. The average molecular weight is 421 g/mol. The lowest BCUT2D eigenvalue weighted by Crippen LogP contribution is -2.61. The molecule has 0 bridgehead atoms. The van der Waals surface area contributed by atoms with Gasteiger partial charge in [-0.05, 0) is 12.8 Å². The molecule has 164 valence electrons. The van der Waals surface area contributed by atoms with Gasteiger partial charge in [0.15, 0.2) is 5.96 Å². The number of nitrogens with zero attached hydrogens (tertiary/aromatic N) is 3. The number of carbonyl (C=O) groups excluding carboxylic acids is 3. The van der Waals surface area contributed by atoms with Crippen molar-refractivity contribution in [2.75, 3.05) is 6.54 Å². The second-order valence-corrected chi connectivity index (χ2v) is 6.76. The fraction of sp³-hybridized carbons (Fsp3) is 0.500. The lowest BCUT2D eigenvalue weighted by Gasteiger charge is -2.29. The molecule has 1 aliphatic rings. The van der Waals surface area contributed by atoms with Crippen LogP contribution < -0.4 is 38.9 Å². The van der Waals surface area contributed by atoms with Crippen molar-refractivity contribution in [3.05, 3.63) is 18.2 Å². The summed E-state index contributed by atoms with van der Waals surface area (Å²) < 4.78 is 0. The normalized spacial score (nSPS) is 19.2. The highest BCUT2D eigenvalue weighted by atomic mass is 16.2. The molecule has 1 aromatic heterocycles. The molecule has 1 aromatic rings. The van der Waals surface area contributed by atoms with E-state index in [-0.39, 0.29) is 24.8 Å². The van der Waals surface area contributed by atoms with Crippen LogP contribution in [0.1, 0.15) is 25.0 Å². The van der Waals surface area contributed by atoms with Crippen LogP contribution in [0.3, 0.4) is 0 Å². The summed E-state index contributed by atoms with van der Waals surface area (Å²) in [5, 5.41) is 7.30. The van der Waals surface area contributed by atoms with Crippen LogP contribution in [0.2, 0.25) is 0 Å². The Morgan fingerprint density at radius 2 is 2.07 bits per heavy atom. The summed E-state index contributed by atoms with van der Waals surface area (Å²) in [6.07, 6.45) is 4.49. The minimum absolute atomic E-state index is 0.00122. The smallest absolute Gasteiger partial charge is 0.318 e. The van der Waals surface area contributed by atoms with Gasteiger partial charge in [-0.2, -0.15) is 0 Å². The Morgan fingerprint density at radius 1 is 1.30 bits per heavy atom. The SMILES string of the molecule is NC(=O)NC1=NC(Cc2cnc[nH]2)[C@@H](NC(=O)C[C@@H](N)CCCN=C(N)N)C(=O)N1. The first kappa shape index (κ1) is 22.6. The van der Waals surface area contributed by atoms with Gasteiger partial charge in [-0.3, -0.25) is 25.2 Å². The Labute approximate surface area is 172 Å². The van der Waals surface area contributed by atoms with Crippen molar-refractivity contribution in [1.29, 1.82) is 0 Å². The quantitative estimate of drug-likeness (QED) is 0.115. The summed E-state index contributed by atoms with van der Waals surface area (Å²) in [6.45, 7) is 0.416. The molecule has 0 fully saturated rings. The first-order valence-corrected chi connectivity index (χ1v) is 9.27. The molecule has 0 aliphatic carbocycles. The van der Waals surface area contributed by atoms with Gasteiger partial charge in [0.25, 0.3) is 5.91 Å². The van der Waals surface area contributed by atoms with Gasteiger partial charge in [-0.1, -0.05) is 0 Å². The van der Waals surface area contributed by atoms with E-state index in [0.717, 1.165) is 0 Å². The van der Waals surface area contributed by atoms with Crippen LogP contribution in [0.25, 0.3) is 0 Å². The molecule has 14 heteroatoms. The third kappa shape index (κ3) is 7.38. The maximum atomic E-state index is 12.5. The van der Waals surface area contributed by atoms with E-state index in [2.05, 4.69) is 35.9 Å². The minimum Gasteiger partial charge on any atom is -0.370 e. The van der Waals surface area contributed by atoms with Gasteiger partial charge in [0.2, 0.25) is 11.9 Å². The van der Waals surface area contributed by atoms with Crippen LogP contribution in [0, 0.1) is 0 Å². The van der Waals surface area contributed by atoms with Gasteiger partial charge in [0, 0.05) is 37.3 Å². The van der Waals surface area contributed by atoms with Gasteiger partial charge in [-0.15, -0.1) is 0 Å². The third-order valence-electron chi connectivity index (χ3n) is 4.22. The number of guanidine groups is 2. The standard InChI is InChI=1S/C16H27N11O3/c17-8(2-1-3-22-14(18)19)4-11(28)25-12-10(5-9-6-21-7-23-9)24-16(26-13(12)29)27-15(20)30/h6-8,10,12H,1-5,17H2,(H,21,23)(H,25,28)(H4,18,19,22)(H4,20,24,26,27,29,30)/t8-,10?,12+/m0/s1. The van der Waals surface area contributed by atoms with Gasteiger partial charge in [0.05, 0.1) is 12.4 Å². The molecule has 12 N–H and O–H groups in total. The number of aliphatic imine (C=N–C) groups is 2. The Morgan fingerprint density at radius 3 is 2.70 bits per heavy atom. The lowest BCUT2D eigenvalue weighted by atomic mass is 10.0. The number of imidazole rings is 1. The number of nitrogens with one attached hydrogen (secondary N) is 4. The second kappa shape index (κ2) is 10.8. The first-order valence-electron chi connectivity index (χ1n) is 9.27. The van der Waals surface area contributed by atoms with Crippen LogP contribution in [-0.4, -0.2) is 64.4 Å². The summed E-state index contributed by atoms with van der Waals surface area (Å²) in [5.41, 5.74) is 22.3. The minimum atomic E-state index is -0.965. The van der Waals surface area contributed by atoms with Crippen molar-refractivity contribution in [2.45, 2.75) is 43.8 Å². The zero-order valence-electron chi connectivity index (χ0n) is 16.3. The number of primary amides is 1. The summed E-state index contributed by atoms with van der Waals surface area (Å²) >= 11 is 0. The van der Waals surface area contributed by atoms with Gasteiger partial charge in [-0.25, -0.2) is 14.8 Å². The van der Waals surface area contributed by atoms with Gasteiger partial charge >= 0.3 is 6.03 Å². The highest BCUT2D eigenvalue weighted by Crippen LogP contribution is 2.12. The van der Waals surface area contributed by atoms with Crippen molar-refractivity contribution < 1.29 is 14.4 Å². The number of aromatic amines is 1. The van der Waals surface area contributed by atoms with Gasteiger partial charge < -0.3 is 33.2 Å². The molecule has 1 aliphatic heterocycles. The van der Waals surface area contributed by atoms with Crippen LogP contribution in [0.15, 0.2) is 22.5 Å². The number of H-pyrrole nitrogens is 1. The fourth-order valence-corrected chi connectivity index (χ4v) is 2.90. The van der Waals surface area contributed by atoms with Crippen LogP contribution in [0.4, 0.5) is 4.79 Å². The lowest BCUT2D eigenvalue weighted by molar-refractivity contribution is -0.129. The maximum Gasteiger partial charge on any atom is 0.318 e. The van der Waals surface area contributed by atoms with Crippen molar-refractivity contribution >= 4 is 29.8 Å². The van der Waals surface area contributed by atoms with Crippen molar-refractivity contribution in [1.82, 2.24) is 25.9 Å². The molecule has 0 saturated carbocycles. The number of nitrogens with two attached hydrogens (primary N) is 4. The molecular weight excluding hydrogens is 394 g/mol. The Kier molecular flexibility index (Phi) is 8.10. The van der Waals surface area contributed by atoms with E-state index >= 15 is 0 Å². The number of rotatable bonds is 9. The summed E-state index contributed by atoms with van der Waals surface area (Å²) in [5.74, 6) is -1.02. The van der Waals surface area contributed by atoms with Crippen molar-refractivity contribution in [3.63, 3.8) is 0 Å². The van der Waals surface area contributed by atoms with Crippen molar-refractivity contribution in [3.8, 4) is 0 Å². The Bertz CT molecular complexity index is 801. The van der Waals surface area contributed by atoms with E-state index in [1.54, 1.807) is 6.20 Å². The molecule has 0 radical (unpaired) electrons. The second-order valence-electron chi connectivity index (χ2n) is 6.76. The maximum absolute atomic E-state index is 12.5. The molecule has 4 amide bonds. The number of carbonyl (C=O) groups is 3. The summed E-state index contributed by atoms with van der Waals surface area (Å²) in [7, 11) is 0. The first-order chi connectivity index (χ1) is 14.2. The van der Waals surface area contributed by atoms with Crippen LogP contribution in [0.5, 0.6) is 0 Å². The molecule has 3 atom stereocenters. The Balaban J connectivity index is 1.99. The summed E-state index contributed by atoms with van der Waals surface area (Å²) in [4.78, 5) is 51.0. The van der Waals surface area contributed by atoms with Crippen LogP contribution in [-0.2, 0) is 16.0 Å². The monoisotopic (exact) mass is 421 g/mol. The molecule has 2 heterocycles. The van der Waals surface area contributed by atoms with Gasteiger partial charge in [0.1, 0.15) is 6.04 Å². The number of hydrogen-bond acceptors (Lipinski definition) is 7. The average Bonchev–Trinajstić information content (AvgIpc) is 3.14. The topological polar surface area (TPSA) is 245 Å². The van der Waals surface area contributed by atoms with E-state index < -0.39 is 36.0 Å². The van der Waals surface area contributed by atoms with E-state index in [4.69, 9.17) is 22.9 Å². The van der Waals surface area contributed by atoms with E-state index in [1.807, 2.05) is 0 Å².